The lowest BCUT2D eigenvalue weighted by Crippen LogP contribution is -2.43. The Bertz CT molecular complexity index is 994. The highest BCUT2D eigenvalue weighted by Gasteiger charge is 2.52. The number of nitrogens with zero attached hydrogens (tertiary/aromatic N) is 4. The molecule has 2 unspecified atom stereocenters. The molecule has 8 heteroatoms. The van der Waals surface area contributed by atoms with Crippen molar-refractivity contribution in [3.8, 4) is 5.75 Å². The summed E-state index contributed by atoms with van der Waals surface area (Å²) in [6, 6.07) is 17.9. The zero-order chi connectivity index (χ0) is 21.1. The molecular weight excluding hydrogens is 414 g/mol. The Labute approximate surface area is 187 Å². The highest BCUT2D eigenvalue weighted by atomic mass is 32.1. The number of anilines is 1. The maximum Gasteiger partial charge on any atom is 0.193 e. The van der Waals surface area contributed by atoms with Crippen molar-refractivity contribution in [1.29, 1.82) is 0 Å². The highest BCUT2D eigenvalue weighted by molar-refractivity contribution is 7.80. The molecule has 4 rings (SSSR count). The molecule has 0 saturated carbocycles. The van der Waals surface area contributed by atoms with Gasteiger partial charge in [0.2, 0.25) is 0 Å². The topological polar surface area (TPSA) is 43.3 Å². The second kappa shape index (κ2) is 8.81. The van der Waals surface area contributed by atoms with Crippen LogP contribution in [0, 0.1) is 0 Å². The van der Waals surface area contributed by atoms with Gasteiger partial charge in [-0.25, -0.2) is 5.01 Å². The molecule has 0 amide bonds. The van der Waals surface area contributed by atoms with Crippen LogP contribution in [-0.4, -0.2) is 52.3 Å². The van der Waals surface area contributed by atoms with Crippen molar-refractivity contribution in [3.05, 3.63) is 66.2 Å². The van der Waals surface area contributed by atoms with Gasteiger partial charge in [0.25, 0.3) is 0 Å². The number of para-hydroxylation sites is 2. The van der Waals surface area contributed by atoms with Gasteiger partial charge in [-0.15, -0.1) is 0 Å². The third-order valence-corrected chi connectivity index (χ3v) is 5.86. The van der Waals surface area contributed by atoms with Gasteiger partial charge in [0.05, 0.1) is 7.11 Å². The molecule has 2 heterocycles. The quantitative estimate of drug-likeness (QED) is 0.546. The normalized spacial score (nSPS) is 21.1. The fourth-order valence-corrected chi connectivity index (χ4v) is 4.49. The first-order valence-corrected chi connectivity index (χ1v) is 10.6. The molecule has 1 N–H and O–H groups in total. The van der Waals surface area contributed by atoms with Crippen LogP contribution in [0.2, 0.25) is 0 Å². The molecule has 2 fully saturated rings. The SMILES string of the molecule is CCN1C(=S)N(c2ccccc2)C2NC(=S)N(/N=C/C=C/c3ccccc3OC)C21. The molecule has 154 valence electrons. The van der Waals surface area contributed by atoms with Crippen LogP contribution in [0.1, 0.15) is 12.5 Å². The number of allylic oxidation sites excluding steroid dienone is 1. The summed E-state index contributed by atoms with van der Waals surface area (Å²) in [5.41, 5.74) is 2.02. The Morgan fingerprint density at radius 2 is 1.83 bits per heavy atom. The number of likely N-dealkylation sites (N-methyl/N-ethyl adjacent to an activating group) is 1. The third kappa shape index (κ3) is 3.64. The van der Waals surface area contributed by atoms with E-state index in [1.165, 1.54) is 0 Å². The molecule has 2 atom stereocenters. The molecule has 0 aromatic heterocycles. The van der Waals surface area contributed by atoms with Crippen LogP contribution in [0.5, 0.6) is 5.75 Å². The fourth-order valence-electron chi connectivity index (χ4n) is 3.76. The van der Waals surface area contributed by atoms with Crippen molar-refractivity contribution in [1.82, 2.24) is 15.2 Å². The van der Waals surface area contributed by atoms with Gasteiger partial charge in [-0.1, -0.05) is 36.4 Å². The first-order chi connectivity index (χ1) is 14.7. The largest absolute Gasteiger partial charge is 0.496 e. The number of hydrazone groups is 1. The van der Waals surface area contributed by atoms with Crippen molar-refractivity contribution in [2.45, 2.75) is 19.3 Å². The van der Waals surface area contributed by atoms with Crippen LogP contribution in [0.4, 0.5) is 5.69 Å². The monoisotopic (exact) mass is 437 g/mol. The summed E-state index contributed by atoms with van der Waals surface area (Å²) in [7, 11) is 1.66. The summed E-state index contributed by atoms with van der Waals surface area (Å²) in [4.78, 5) is 4.25. The molecule has 0 aliphatic carbocycles. The van der Waals surface area contributed by atoms with Crippen molar-refractivity contribution < 1.29 is 4.74 Å². The maximum absolute atomic E-state index is 5.78. The molecule has 2 saturated heterocycles. The van der Waals surface area contributed by atoms with Gasteiger partial charge in [0.1, 0.15) is 11.9 Å². The Hall–Kier alpha value is -2.97. The van der Waals surface area contributed by atoms with E-state index in [1.54, 1.807) is 13.3 Å². The van der Waals surface area contributed by atoms with Gasteiger partial charge in [0.15, 0.2) is 16.4 Å². The van der Waals surface area contributed by atoms with E-state index in [0.29, 0.717) is 5.11 Å². The van der Waals surface area contributed by atoms with Gasteiger partial charge in [-0.2, -0.15) is 5.10 Å². The van der Waals surface area contributed by atoms with E-state index in [1.807, 2.05) is 59.6 Å². The fraction of sp³-hybridized carbons (Fsp3) is 0.227. The smallest absolute Gasteiger partial charge is 0.193 e. The predicted octanol–water partition coefficient (Wildman–Crippen LogP) is 3.66. The van der Waals surface area contributed by atoms with Gasteiger partial charge in [-0.3, -0.25) is 4.90 Å². The van der Waals surface area contributed by atoms with E-state index in [4.69, 9.17) is 29.2 Å². The van der Waals surface area contributed by atoms with E-state index in [2.05, 4.69) is 39.3 Å². The molecule has 6 nitrogen and oxygen atoms in total. The number of benzene rings is 2. The summed E-state index contributed by atoms with van der Waals surface area (Å²) in [5, 5.41) is 11.2. The van der Waals surface area contributed by atoms with Crippen LogP contribution >= 0.6 is 24.4 Å². The van der Waals surface area contributed by atoms with Crippen LogP contribution in [0.15, 0.2) is 65.8 Å². The lowest BCUT2D eigenvalue weighted by molar-refractivity contribution is 0.198. The summed E-state index contributed by atoms with van der Waals surface area (Å²) < 4.78 is 5.38. The van der Waals surface area contributed by atoms with Crippen molar-refractivity contribution in [2.75, 3.05) is 18.6 Å². The molecule has 30 heavy (non-hydrogen) atoms. The van der Waals surface area contributed by atoms with Crippen molar-refractivity contribution in [2.24, 2.45) is 5.10 Å². The molecular formula is C22H23N5OS2. The maximum atomic E-state index is 5.78. The van der Waals surface area contributed by atoms with Crippen molar-refractivity contribution in [3.63, 3.8) is 0 Å². The summed E-state index contributed by atoms with van der Waals surface area (Å²) in [5.74, 6) is 0.817. The van der Waals surface area contributed by atoms with Gasteiger partial charge >= 0.3 is 0 Å². The van der Waals surface area contributed by atoms with E-state index in [9.17, 15) is 0 Å². The number of hydrogen-bond acceptors (Lipinski definition) is 4. The minimum atomic E-state index is -0.105. The highest BCUT2D eigenvalue weighted by Crippen LogP contribution is 2.33. The van der Waals surface area contributed by atoms with Crippen LogP contribution < -0.4 is 15.0 Å². The summed E-state index contributed by atoms with van der Waals surface area (Å²) in [6.45, 7) is 2.85. The average molecular weight is 438 g/mol. The second-order valence-electron chi connectivity index (χ2n) is 6.79. The van der Waals surface area contributed by atoms with Gasteiger partial charge < -0.3 is 15.0 Å². The minimum Gasteiger partial charge on any atom is -0.496 e. The molecule has 2 aliphatic rings. The van der Waals surface area contributed by atoms with Crippen LogP contribution in [-0.2, 0) is 0 Å². The molecule has 2 aromatic carbocycles. The zero-order valence-electron chi connectivity index (χ0n) is 16.8. The van der Waals surface area contributed by atoms with Gasteiger partial charge in [0, 0.05) is 24.0 Å². The minimum absolute atomic E-state index is 0.0947. The number of fused-ring (bicyclic) bond motifs is 1. The van der Waals surface area contributed by atoms with Gasteiger partial charge in [-0.05, 0) is 61.7 Å². The lowest BCUT2D eigenvalue weighted by atomic mass is 10.2. The average Bonchev–Trinajstić information content (AvgIpc) is 3.22. The number of nitrogens with one attached hydrogen (secondary N) is 1. The standard InChI is InChI=1S/C22H23N5OS2/c1-3-25-20-19(26(22(25)30)17-12-5-4-6-13-17)24-21(29)27(20)23-15-9-11-16-10-7-8-14-18(16)28-2/h4-15,19-20H,3H2,1-2H3,(H,24,29)/b11-9+,23-15+. The lowest BCUT2D eigenvalue weighted by Gasteiger charge is -2.27. The third-order valence-electron chi connectivity index (χ3n) is 5.13. The van der Waals surface area contributed by atoms with E-state index < -0.39 is 0 Å². The molecule has 2 aliphatic heterocycles. The summed E-state index contributed by atoms with van der Waals surface area (Å²) in [6.07, 6.45) is 5.38. The predicted molar refractivity (Wildman–Crippen MR) is 130 cm³/mol. The number of hydrogen-bond donors (Lipinski definition) is 1. The number of methoxy groups -OCH3 is 1. The van der Waals surface area contributed by atoms with Crippen molar-refractivity contribution >= 4 is 52.6 Å². The number of rotatable bonds is 6. The Balaban J connectivity index is 1.56. The first-order valence-electron chi connectivity index (χ1n) is 9.74. The number of thiocarbonyl (C=S) groups is 2. The van der Waals surface area contributed by atoms with Crippen LogP contribution in [0.25, 0.3) is 6.08 Å². The molecule has 2 aromatic rings. The zero-order valence-corrected chi connectivity index (χ0v) is 18.4. The number of ether oxygens (including phenoxy) is 1. The molecule has 0 radical (unpaired) electrons. The Morgan fingerprint density at radius 3 is 2.57 bits per heavy atom. The molecule has 0 bridgehead atoms. The Morgan fingerprint density at radius 1 is 1.10 bits per heavy atom. The van der Waals surface area contributed by atoms with E-state index in [-0.39, 0.29) is 12.3 Å². The first kappa shape index (κ1) is 20.3. The molecule has 0 spiro atoms. The van der Waals surface area contributed by atoms with Crippen LogP contribution in [0.3, 0.4) is 0 Å². The Kier molecular flexibility index (Phi) is 5.96. The van der Waals surface area contributed by atoms with E-state index in [0.717, 1.165) is 28.7 Å². The second-order valence-corrected chi connectivity index (χ2v) is 7.54. The summed E-state index contributed by atoms with van der Waals surface area (Å²) >= 11 is 11.4. The van der Waals surface area contributed by atoms with E-state index >= 15 is 0 Å².